The summed E-state index contributed by atoms with van der Waals surface area (Å²) in [7, 11) is 0. The molecule has 1 aliphatic heterocycles. The Kier molecular flexibility index (Phi) is 2.57. The number of rotatable bonds is 3. The minimum absolute atomic E-state index is 0.0783. The van der Waals surface area contributed by atoms with Gasteiger partial charge in [0.25, 0.3) is 0 Å². The number of carbonyl (C=O) groups is 1. The van der Waals surface area contributed by atoms with Crippen LogP contribution < -0.4 is 0 Å². The normalized spacial score (nSPS) is 22.7. The van der Waals surface area contributed by atoms with E-state index >= 15 is 0 Å². The van der Waals surface area contributed by atoms with E-state index in [2.05, 4.69) is 5.10 Å². The van der Waals surface area contributed by atoms with Crippen molar-refractivity contribution in [2.75, 3.05) is 20.0 Å². The number of hydrogen-bond donors (Lipinski definition) is 1. The summed E-state index contributed by atoms with van der Waals surface area (Å²) in [6.45, 7) is -1.90. The summed E-state index contributed by atoms with van der Waals surface area (Å²) in [6.07, 6.45) is 0. The molecule has 0 bridgehead atoms. The Balaban J connectivity index is 2.69. The van der Waals surface area contributed by atoms with Crippen LogP contribution in [0.5, 0.6) is 0 Å². The largest absolute Gasteiger partial charge is 0.481 e. The van der Waals surface area contributed by atoms with Gasteiger partial charge >= 0.3 is 5.97 Å². The van der Waals surface area contributed by atoms with Crippen molar-refractivity contribution in [2.45, 2.75) is 0 Å². The van der Waals surface area contributed by atoms with E-state index < -0.39 is 25.4 Å². The van der Waals surface area contributed by atoms with Crippen LogP contribution in [0.1, 0.15) is 0 Å². The molecule has 1 aliphatic rings. The number of hydrogen-bond acceptors (Lipinski definition) is 3. The van der Waals surface area contributed by atoms with Crippen molar-refractivity contribution in [2.24, 2.45) is 11.0 Å². The maximum atomic E-state index is 12.1. The molecule has 1 unspecified atom stereocenters. The van der Waals surface area contributed by atoms with E-state index in [9.17, 15) is 13.6 Å². The minimum Gasteiger partial charge on any atom is -0.481 e. The zero-order chi connectivity index (χ0) is 9.14. The lowest BCUT2D eigenvalue weighted by atomic mass is 10.1. The molecule has 0 aliphatic carbocycles. The van der Waals surface area contributed by atoms with Gasteiger partial charge in [0, 0.05) is 0 Å². The zero-order valence-corrected chi connectivity index (χ0v) is 6.20. The second-order valence-electron chi connectivity index (χ2n) is 2.42. The highest BCUT2D eigenvalue weighted by Gasteiger charge is 2.32. The molecule has 0 amide bonds. The molecule has 0 spiro atoms. The fraction of sp³-hybridized carbons (Fsp3) is 0.667. The summed E-state index contributed by atoms with van der Waals surface area (Å²) in [5.41, 5.74) is -0.111. The highest BCUT2D eigenvalue weighted by Crippen LogP contribution is 2.14. The Morgan fingerprint density at radius 1 is 1.75 bits per heavy atom. The van der Waals surface area contributed by atoms with Crippen molar-refractivity contribution < 1.29 is 18.7 Å². The van der Waals surface area contributed by atoms with Crippen LogP contribution in [0.25, 0.3) is 0 Å². The van der Waals surface area contributed by atoms with Crippen molar-refractivity contribution >= 4 is 11.7 Å². The Labute approximate surface area is 67.5 Å². The quantitative estimate of drug-likeness (QED) is 0.630. The lowest BCUT2D eigenvalue weighted by molar-refractivity contribution is -0.139. The molecular formula is C6H8F2N2O2. The standard InChI is InChI=1S/C6H8F2N2O2/c7-1-5-4(6(11)12)2-10(3-8)9-5/h4H,1-3H2,(H,11,12). The molecule has 0 fully saturated rings. The number of alkyl halides is 2. The molecule has 68 valence electrons. The molecule has 0 aromatic heterocycles. The maximum Gasteiger partial charge on any atom is 0.314 e. The molecule has 12 heavy (non-hydrogen) atoms. The van der Waals surface area contributed by atoms with Crippen LogP contribution >= 0.6 is 0 Å². The smallest absolute Gasteiger partial charge is 0.314 e. The van der Waals surface area contributed by atoms with Gasteiger partial charge in [0.05, 0.1) is 12.3 Å². The summed E-state index contributed by atoms with van der Waals surface area (Å²) in [5, 5.41) is 12.9. The number of carboxylic acids is 1. The first-order chi connectivity index (χ1) is 5.69. The molecule has 0 saturated carbocycles. The highest BCUT2D eigenvalue weighted by atomic mass is 19.1. The molecule has 0 saturated heterocycles. The molecule has 6 heteroatoms. The summed E-state index contributed by atoms with van der Waals surface area (Å²) in [5.74, 6) is -2.16. The molecule has 1 atom stereocenters. The van der Waals surface area contributed by atoms with E-state index in [1.165, 1.54) is 0 Å². The number of halogens is 2. The van der Waals surface area contributed by atoms with E-state index in [-0.39, 0.29) is 12.3 Å². The van der Waals surface area contributed by atoms with Gasteiger partial charge in [-0.2, -0.15) is 5.10 Å². The summed E-state index contributed by atoms with van der Waals surface area (Å²) in [6, 6.07) is 0. The fourth-order valence-electron chi connectivity index (χ4n) is 1.02. The summed E-state index contributed by atoms with van der Waals surface area (Å²) >= 11 is 0. The van der Waals surface area contributed by atoms with Gasteiger partial charge in [0.1, 0.15) is 12.6 Å². The van der Waals surface area contributed by atoms with E-state index in [1.807, 2.05) is 0 Å². The van der Waals surface area contributed by atoms with Gasteiger partial charge in [0.2, 0.25) is 0 Å². The molecule has 0 aromatic rings. The van der Waals surface area contributed by atoms with Crippen molar-refractivity contribution in [3.8, 4) is 0 Å². The van der Waals surface area contributed by atoms with Gasteiger partial charge in [-0.25, -0.2) is 8.78 Å². The van der Waals surface area contributed by atoms with Crippen molar-refractivity contribution in [3.63, 3.8) is 0 Å². The third kappa shape index (κ3) is 1.51. The molecular weight excluding hydrogens is 170 g/mol. The first-order valence-electron chi connectivity index (χ1n) is 3.36. The lowest BCUT2D eigenvalue weighted by Gasteiger charge is -2.07. The number of aliphatic carboxylic acids is 1. The van der Waals surface area contributed by atoms with Crippen LogP contribution in [0.4, 0.5) is 8.78 Å². The summed E-state index contributed by atoms with van der Waals surface area (Å²) in [4.78, 5) is 10.4. The SMILES string of the molecule is O=C(O)C1CN(CF)N=C1CF. The van der Waals surface area contributed by atoms with E-state index in [0.29, 0.717) is 0 Å². The minimum atomic E-state index is -1.16. The highest BCUT2D eigenvalue weighted by molar-refractivity contribution is 6.03. The van der Waals surface area contributed by atoms with Gasteiger partial charge < -0.3 is 5.11 Å². The van der Waals surface area contributed by atoms with E-state index in [0.717, 1.165) is 5.01 Å². The van der Waals surface area contributed by atoms with Crippen LogP contribution in [-0.4, -0.2) is 41.8 Å². The fourth-order valence-corrected chi connectivity index (χ4v) is 1.02. The first kappa shape index (κ1) is 8.89. The Bertz CT molecular complexity index is 220. The van der Waals surface area contributed by atoms with Crippen LogP contribution in [0, 0.1) is 5.92 Å². The number of carboxylic acid groups (broad SMARTS) is 1. The maximum absolute atomic E-state index is 12.1. The predicted octanol–water partition coefficient (Wildman–Crippen LogP) is 0.255. The number of nitrogens with zero attached hydrogens (tertiary/aromatic N) is 2. The molecule has 1 heterocycles. The van der Waals surface area contributed by atoms with Crippen molar-refractivity contribution in [1.29, 1.82) is 0 Å². The van der Waals surface area contributed by atoms with Gasteiger partial charge in [-0.05, 0) is 0 Å². The van der Waals surface area contributed by atoms with Crippen LogP contribution in [0.15, 0.2) is 5.10 Å². The zero-order valence-electron chi connectivity index (χ0n) is 6.20. The third-order valence-electron chi connectivity index (χ3n) is 1.64. The monoisotopic (exact) mass is 178 g/mol. The Morgan fingerprint density at radius 3 is 2.75 bits per heavy atom. The van der Waals surface area contributed by atoms with Crippen molar-refractivity contribution in [1.82, 2.24) is 5.01 Å². The van der Waals surface area contributed by atoms with E-state index in [4.69, 9.17) is 5.11 Å². The predicted molar refractivity (Wildman–Crippen MR) is 37.2 cm³/mol. The molecule has 1 rings (SSSR count). The Morgan fingerprint density at radius 2 is 2.42 bits per heavy atom. The van der Waals surface area contributed by atoms with E-state index in [1.54, 1.807) is 0 Å². The lowest BCUT2D eigenvalue weighted by Crippen LogP contribution is -2.27. The molecule has 0 radical (unpaired) electrons. The van der Waals surface area contributed by atoms with Gasteiger partial charge in [-0.3, -0.25) is 9.80 Å². The average molecular weight is 178 g/mol. The second kappa shape index (κ2) is 3.46. The van der Waals surface area contributed by atoms with Crippen LogP contribution in [0.3, 0.4) is 0 Å². The molecule has 1 N–H and O–H groups in total. The summed E-state index contributed by atoms with van der Waals surface area (Å²) < 4.78 is 24.0. The van der Waals surface area contributed by atoms with Crippen molar-refractivity contribution in [3.05, 3.63) is 0 Å². The third-order valence-corrected chi connectivity index (χ3v) is 1.64. The first-order valence-corrected chi connectivity index (χ1v) is 3.36. The Hall–Kier alpha value is -1.20. The van der Waals surface area contributed by atoms with Crippen LogP contribution in [-0.2, 0) is 4.79 Å². The number of hydrazone groups is 1. The van der Waals surface area contributed by atoms with Crippen LogP contribution in [0.2, 0.25) is 0 Å². The average Bonchev–Trinajstić information content (AvgIpc) is 2.47. The van der Waals surface area contributed by atoms with Gasteiger partial charge in [-0.1, -0.05) is 0 Å². The topological polar surface area (TPSA) is 52.9 Å². The molecule has 4 nitrogen and oxygen atoms in total. The second-order valence-corrected chi connectivity index (χ2v) is 2.42. The molecule has 0 aromatic carbocycles. The van der Waals surface area contributed by atoms with Gasteiger partial charge in [-0.15, -0.1) is 0 Å². The van der Waals surface area contributed by atoms with Gasteiger partial charge in [0.15, 0.2) is 6.80 Å².